The summed E-state index contributed by atoms with van der Waals surface area (Å²) < 4.78 is 4.68. The van der Waals surface area contributed by atoms with E-state index in [-0.39, 0.29) is 18.4 Å². The summed E-state index contributed by atoms with van der Waals surface area (Å²) in [5.41, 5.74) is 0. The third kappa shape index (κ3) is 3.43. The summed E-state index contributed by atoms with van der Waals surface area (Å²) in [5, 5.41) is 12.4. The minimum absolute atomic E-state index is 0.0927. The van der Waals surface area contributed by atoms with Gasteiger partial charge in [-0.3, -0.25) is 14.5 Å². The molecule has 1 amide bonds. The fourth-order valence-electron chi connectivity index (χ4n) is 2.26. The van der Waals surface area contributed by atoms with E-state index in [0.717, 1.165) is 6.54 Å². The molecule has 2 fully saturated rings. The van der Waals surface area contributed by atoms with Crippen molar-refractivity contribution in [3.05, 3.63) is 0 Å². The van der Waals surface area contributed by atoms with Gasteiger partial charge < -0.3 is 15.2 Å². The van der Waals surface area contributed by atoms with Crippen molar-refractivity contribution in [2.45, 2.75) is 31.4 Å². The summed E-state index contributed by atoms with van der Waals surface area (Å²) in [4.78, 5) is 24.9. The van der Waals surface area contributed by atoms with E-state index in [1.54, 1.807) is 4.90 Å². The van der Waals surface area contributed by atoms with Crippen molar-refractivity contribution >= 4 is 11.9 Å². The molecule has 0 spiro atoms. The van der Waals surface area contributed by atoms with Crippen LogP contribution in [0.1, 0.15) is 19.3 Å². The highest BCUT2D eigenvalue weighted by Crippen LogP contribution is 2.27. The zero-order valence-electron chi connectivity index (χ0n) is 10.6. The predicted octanol–water partition coefficient (Wildman–Crippen LogP) is -0.879. The van der Waals surface area contributed by atoms with E-state index in [1.165, 1.54) is 20.0 Å². The van der Waals surface area contributed by atoms with Gasteiger partial charge in [-0.1, -0.05) is 0 Å². The highest BCUT2D eigenvalue weighted by molar-refractivity contribution is 5.80. The average Bonchev–Trinajstić information content (AvgIpc) is 3.10. The molecule has 6 nitrogen and oxygen atoms in total. The molecule has 18 heavy (non-hydrogen) atoms. The average molecular weight is 256 g/mol. The molecule has 1 saturated heterocycles. The van der Waals surface area contributed by atoms with Crippen LogP contribution >= 0.6 is 0 Å². The number of likely N-dealkylation sites (tertiary alicyclic amines) is 1. The Morgan fingerprint density at radius 1 is 1.44 bits per heavy atom. The second-order valence-electron chi connectivity index (χ2n) is 5.11. The van der Waals surface area contributed by atoms with Crippen LogP contribution in [0.25, 0.3) is 0 Å². The maximum atomic E-state index is 11.7. The Hall–Kier alpha value is -1.14. The Kier molecular flexibility index (Phi) is 4.19. The number of esters is 1. The van der Waals surface area contributed by atoms with Crippen molar-refractivity contribution in [2.75, 3.05) is 26.7 Å². The lowest BCUT2D eigenvalue weighted by Gasteiger charge is -2.21. The van der Waals surface area contributed by atoms with Crippen LogP contribution in [0.5, 0.6) is 0 Å². The van der Waals surface area contributed by atoms with Crippen molar-refractivity contribution in [3.8, 4) is 0 Å². The van der Waals surface area contributed by atoms with Gasteiger partial charge in [0, 0.05) is 19.5 Å². The number of amides is 1. The Morgan fingerprint density at radius 3 is 2.78 bits per heavy atom. The molecule has 6 heteroatoms. The van der Waals surface area contributed by atoms with Crippen LogP contribution in [-0.2, 0) is 14.3 Å². The molecule has 1 saturated carbocycles. The van der Waals surface area contributed by atoms with Gasteiger partial charge in [-0.25, -0.2) is 0 Å². The summed E-state index contributed by atoms with van der Waals surface area (Å²) in [7, 11) is 1.32. The first-order valence-corrected chi connectivity index (χ1v) is 6.36. The van der Waals surface area contributed by atoms with Gasteiger partial charge in [0.05, 0.1) is 19.8 Å². The van der Waals surface area contributed by atoms with Gasteiger partial charge in [-0.05, 0) is 18.8 Å². The van der Waals surface area contributed by atoms with Crippen LogP contribution in [0, 0.1) is 5.92 Å². The van der Waals surface area contributed by atoms with Gasteiger partial charge in [0.15, 0.2) is 0 Å². The van der Waals surface area contributed by atoms with Crippen molar-refractivity contribution in [2.24, 2.45) is 5.92 Å². The van der Waals surface area contributed by atoms with E-state index in [4.69, 9.17) is 0 Å². The second-order valence-corrected chi connectivity index (χ2v) is 5.11. The molecule has 2 atom stereocenters. The summed E-state index contributed by atoms with van der Waals surface area (Å²) in [5.74, 6) is 0.154. The number of aliphatic hydroxyl groups is 1. The van der Waals surface area contributed by atoms with E-state index in [2.05, 4.69) is 10.1 Å². The molecule has 2 N–H and O–H groups in total. The normalized spacial score (nSPS) is 28.1. The second kappa shape index (κ2) is 5.67. The molecular weight excluding hydrogens is 236 g/mol. The van der Waals surface area contributed by atoms with Crippen LogP contribution in [0.3, 0.4) is 0 Å². The van der Waals surface area contributed by atoms with Crippen molar-refractivity contribution in [1.29, 1.82) is 0 Å². The molecule has 2 rings (SSSR count). The van der Waals surface area contributed by atoms with Gasteiger partial charge in [-0.15, -0.1) is 0 Å². The predicted molar refractivity (Wildman–Crippen MR) is 63.7 cm³/mol. The Balaban J connectivity index is 1.81. The minimum Gasteiger partial charge on any atom is -0.468 e. The number of hydrogen-bond donors (Lipinski definition) is 2. The summed E-state index contributed by atoms with van der Waals surface area (Å²) >= 11 is 0. The number of carbonyl (C=O) groups excluding carboxylic acids is 2. The van der Waals surface area contributed by atoms with Gasteiger partial charge >= 0.3 is 5.97 Å². The standard InChI is InChI=1S/C12H20N2O4/c1-18-12(17)10-4-9(15)6-14(10)7-11(16)13-5-8-2-3-8/h8-10,15H,2-7H2,1H3,(H,13,16). The number of rotatable bonds is 5. The molecule has 0 aromatic carbocycles. The molecule has 0 radical (unpaired) electrons. The third-order valence-corrected chi connectivity index (χ3v) is 3.49. The maximum absolute atomic E-state index is 11.7. The first-order chi connectivity index (χ1) is 8.60. The molecule has 2 unspecified atom stereocenters. The molecular formula is C12H20N2O4. The molecule has 1 aliphatic heterocycles. The van der Waals surface area contributed by atoms with Gasteiger partial charge in [-0.2, -0.15) is 0 Å². The van der Waals surface area contributed by atoms with Crippen LogP contribution in [0.4, 0.5) is 0 Å². The van der Waals surface area contributed by atoms with Crippen LogP contribution < -0.4 is 5.32 Å². The lowest BCUT2D eigenvalue weighted by atomic mass is 10.2. The monoisotopic (exact) mass is 256 g/mol. The van der Waals surface area contributed by atoms with Crippen molar-refractivity contribution < 1.29 is 19.4 Å². The first-order valence-electron chi connectivity index (χ1n) is 6.36. The van der Waals surface area contributed by atoms with E-state index < -0.39 is 12.1 Å². The molecule has 1 aliphatic carbocycles. The topological polar surface area (TPSA) is 78.9 Å². The largest absolute Gasteiger partial charge is 0.468 e. The number of aliphatic hydroxyl groups excluding tert-OH is 1. The molecule has 0 aromatic rings. The van der Waals surface area contributed by atoms with E-state index >= 15 is 0 Å². The third-order valence-electron chi connectivity index (χ3n) is 3.49. The number of methoxy groups -OCH3 is 1. The lowest BCUT2D eigenvalue weighted by molar-refractivity contribution is -0.146. The molecule has 0 aromatic heterocycles. The number of ether oxygens (including phenoxy) is 1. The quantitative estimate of drug-likeness (QED) is 0.625. The van der Waals surface area contributed by atoms with Gasteiger partial charge in [0.2, 0.25) is 5.91 Å². The Morgan fingerprint density at radius 2 is 2.17 bits per heavy atom. The zero-order valence-corrected chi connectivity index (χ0v) is 10.6. The van der Waals surface area contributed by atoms with Crippen molar-refractivity contribution in [1.82, 2.24) is 10.2 Å². The van der Waals surface area contributed by atoms with E-state index in [9.17, 15) is 14.7 Å². The molecule has 102 valence electrons. The fourth-order valence-corrected chi connectivity index (χ4v) is 2.26. The van der Waals surface area contributed by atoms with Gasteiger partial charge in [0.1, 0.15) is 6.04 Å². The molecule has 0 bridgehead atoms. The molecule has 2 aliphatic rings. The van der Waals surface area contributed by atoms with E-state index in [0.29, 0.717) is 18.9 Å². The van der Waals surface area contributed by atoms with E-state index in [1.807, 2.05) is 0 Å². The van der Waals surface area contributed by atoms with Crippen LogP contribution in [0.2, 0.25) is 0 Å². The van der Waals surface area contributed by atoms with Gasteiger partial charge in [0.25, 0.3) is 0 Å². The summed E-state index contributed by atoms with van der Waals surface area (Å²) in [6.45, 7) is 1.21. The number of carbonyl (C=O) groups is 2. The number of β-amino-alcohol motifs (C(OH)–C–C–N with tert-alkyl or cyclic N) is 1. The number of nitrogens with zero attached hydrogens (tertiary/aromatic N) is 1. The van der Waals surface area contributed by atoms with Crippen LogP contribution in [-0.4, -0.2) is 60.8 Å². The number of nitrogens with one attached hydrogen (secondary N) is 1. The Labute approximate surface area is 106 Å². The minimum atomic E-state index is -0.565. The summed E-state index contributed by atoms with van der Waals surface area (Å²) in [6, 6.07) is -0.503. The highest BCUT2D eigenvalue weighted by Gasteiger charge is 2.37. The van der Waals surface area contributed by atoms with Crippen molar-refractivity contribution in [3.63, 3.8) is 0 Å². The number of hydrogen-bond acceptors (Lipinski definition) is 5. The molecule has 1 heterocycles. The highest BCUT2D eigenvalue weighted by atomic mass is 16.5. The first kappa shape index (κ1) is 13.3. The summed E-state index contributed by atoms with van der Waals surface area (Å²) in [6.07, 6.45) is 2.15. The Bertz CT molecular complexity index is 330. The fraction of sp³-hybridized carbons (Fsp3) is 0.833. The van der Waals surface area contributed by atoms with Crippen LogP contribution in [0.15, 0.2) is 0 Å². The lowest BCUT2D eigenvalue weighted by Crippen LogP contribution is -2.43. The maximum Gasteiger partial charge on any atom is 0.323 e. The zero-order chi connectivity index (χ0) is 13.1. The SMILES string of the molecule is COC(=O)C1CC(O)CN1CC(=O)NCC1CC1. The smallest absolute Gasteiger partial charge is 0.323 e.